The number of aliphatic imine (C=N–C) groups is 1. The van der Waals surface area contributed by atoms with Crippen molar-refractivity contribution in [1.82, 2.24) is 14.9 Å². The number of likely N-dealkylation sites (tertiary alicyclic amines) is 1. The molecule has 2 aromatic heterocycles. The molecular weight excluding hydrogens is 461 g/mol. The summed E-state index contributed by atoms with van der Waals surface area (Å²) in [4.78, 5) is 28.6. The molecule has 7 nitrogen and oxygen atoms in total. The lowest BCUT2D eigenvalue weighted by molar-refractivity contribution is 0.0502. The zero-order valence-electron chi connectivity index (χ0n) is 18.2. The number of carbonyl (C=O) groups is 1. The Bertz CT molecular complexity index is 1130. The molecule has 2 fully saturated rings. The molecule has 0 spiro atoms. The molecule has 2 aliphatic rings. The van der Waals surface area contributed by atoms with Gasteiger partial charge in [0.2, 0.25) is 5.88 Å². The van der Waals surface area contributed by atoms with E-state index in [2.05, 4.69) is 21.5 Å². The predicted octanol–water partition coefficient (Wildman–Crippen LogP) is 4.54. The average Bonchev–Trinajstić information content (AvgIpc) is 3.56. The number of fused-ring (bicyclic) bond motifs is 1. The number of nitrogens with two attached hydrogens (primary N) is 1. The van der Waals surface area contributed by atoms with E-state index in [1.807, 2.05) is 24.0 Å². The Labute approximate surface area is 203 Å². The van der Waals surface area contributed by atoms with Crippen LogP contribution in [-0.4, -0.2) is 46.2 Å². The number of aromatic nitrogens is 2. The smallest absolute Gasteiger partial charge is 0.273 e. The number of amides is 1. The third kappa shape index (κ3) is 5.37. The Balaban J connectivity index is 1.57. The number of halogens is 2. The van der Waals surface area contributed by atoms with Crippen LogP contribution in [0.3, 0.4) is 0 Å². The Morgan fingerprint density at radius 1 is 1.36 bits per heavy atom. The van der Waals surface area contributed by atoms with Crippen molar-refractivity contribution in [3.63, 3.8) is 0 Å². The van der Waals surface area contributed by atoms with Crippen LogP contribution in [-0.2, 0) is 0 Å². The molecule has 33 heavy (non-hydrogen) atoms. The second-order valence-corrected chi connectivity index (χ2v) is 9.16. The number of nitrogens with zero attached hydrogens (tertiary/aromatic N) is 4. The standard InChI is InChI=1S/C24H25Cl2N5O2/c1-14-4-5-20(15(2)28-7-3-6-27)22(30-14)24(32)31-12-17-8-16(17)9-19(31)13-33-23-21(26)10-18(25)11-29-23/h3-7,10-11,16-17,19H,2,8-9,12-13,27H2,1H3/b6-3-,28-7?/t16-,17+,19+/m1/s1. The predicted molar refractivity (Wildman–Crippen MR) is 131 cm³/mol. The molecule has 1 aliphatic heterocycles. The van der Waals surface area contributed by atoms with E-state index in [1.54, 1.807) is 12.1 Å². The van der Waals surface area contributed by atoms with Crippen molar-refractivity contribution in [2.45, 2.75) is 25.8 Å². The number of hydrogen-bond acceptors (Lipinski definition) is 6. The monoisotopic (exact) mass is 485 g/mol. The highest BCUT2D eigenvalue weighted by Gasteiger charge is 2.47. The van der Waals surface area contributed by atoms with Gasteiger partial charge in [-0.1, -0.05) is 29.8 Å². The van der Waals surface area contributed by atoms with Crippen LogP contribution in [0.15, 0.2) is 48.2 Å². The van der Waals surface area contributed by atoms with Crippen molar-refractivity contribution in [2.75, 3.05) is 13.2 Å². The molecule has 3 atom stereocenters. The van der Waals surface area contributed by atoms with E-state index in [9.17, 15) is 4.79 Å². The molecular formula is C24H25Cl2N5O2. The van der Waals surface area contributed by atoms with Crippen molar-refractivity contribution in [1.29, 1.82) is 0 Å². The van der Waals surface area contributed by atoms with Gasteiger partial charge in [-0.25, -0.2) is 9.97 Å². The Hall–Kier alpha value is -2.90. The summed E-state index contributed by atoms with van der Waals surface area (Å²) >= 11 is 12.1. The third-order valence-corrected chi connectivity index (χ3v) is 6.42. The lowest BCUT2D eigenvalue weighted by Gasteiger charge is -2.35. The molecule has 0 unspecified atom stereocenters. The number of rotatable bonds is 7. The fourth-order valence-electron chi connectivity index (χ4n) is 4.13. The number of aryl methyl sites for hydroxylation is 1. The first-order valence-corrected chi connectivity index (χ1v) is 11.5. The first kappa shape index (κ1) is 23.3. The van der Waals surface area contributed by atoms with Gasteiger partial charge in [0.05, 0.1) is 16.8 Å². The summed E-state index contributed by atoms with van der Waals surface area (Å²) in [5.41, 5.74) is 7.47. The molecule has 1 aliphatic carbocycles. The Morgan fingerprint density at radius 2 is 2.18 bits per heavy atom. The van der Waals surface area contributed by atoms with Crippen LogP contribution in [0.25, 0.3) is 5.70 Å². The number of pyridine rings is 2. The van der Waals surface area contributed by atoms with Crippen molar-refractivity contribution in [3.8, 4) is 5.88 Å². The number of piperidine rings is 1. The van der Waals surface area contributed by atoms with E-state index < -0.39 is 0 Å². The van der Waals surface area contributed by atoms with Gasteiger partial charge < -0.3 is 15.4 Å². The summed E-state index contributed by atoms with van der Waals surface area (Å²) in [5, 5.41) is 0.773. The van der Waals surface area contributed by atoms with Gasteiger partial charge in [-0.2, -0.15) is 0 Å². The first-order valence-electron chi connectivity index (χ1n) is 10.7. The minimum absolute atomic E-state index is 0.123. The Morgan fingerprint density at radius 3 is 2.94 bits per heavy atom. The summed E-state index contributed by atoms with van der Waals surface area (Å²) in [7, 11) is 0. The maximum absolute atomic E-state index is 13.7. The minimum Gasteiger partial charge on any atom is -0.474 e. The van der Waals surface area contributed by atoms with Gasteiger partial charge in [0, 0.05) is 30.2 Å². The molecule has 0 radical (unpaired) electrons. The van der Waals surface area contributed by atoms with E-state index >= 15 is 0 Å². The number of carbonyl (C=O) groups excluding carboxylic acids is 1. The zero-order chi connectivity index (χ0) is 23.5. The highest BCUT2D eigenvalue weighted by atomic mass is 35.5. The highest BCUT2D eigenvalue weighted by molar-refractivity contribution is 6.35. The number of ether oxygens (including phenoxy) is 1. The zero-order valence-corrected chi connectivity index (χ0v) is 19.8. The summed E-state index contributed by atoms with van der Waals surface area (Å²) in [5.74, 6) is 1.28. The SMILES string of the molecule is C=C(N=C/C=C\N)c1ccc(C)nc1C(=O)N1C[C@@H]2C[C@@H]2C[C@H]1COc1ncc(Cl)cc1Cl. The molecule has 172 valence electrons. The van der Waals surface area contributed by atoms with Crippen molar-refractivity contribution < 1.29 is 9.53 Å². The van der Waals surface area contributed by atoms with Crippen LogP contribution in [0.1, 0.15) is 34.6 Å². The molecule has 9 heteroatoms. The lowest BCUT2D eigenvalue weighted by Crippen LogP contribution is -2.48. The molecule has 3 heterocycles. The first-order chi connectivity index (χ1) is 15.9. The van der Waals surface area contributed by atoms with Gasteiger partial charge in [-0.05, 0) is 62.1 Å². The molecule has 1 saturated carbocycles. The van der Waals surface area contributed by atoms with Crippen LogP contribution in [0.4, 0.5) is 0 Å². The number of allylic oxidation sites excluding steroid dienone is 1. The van der Waals surface area contributed by atoms with Gasteiger partial charge >= 0.3 is 0 Å². The van der Waals surface area contributed by atoms with Crippen molar-refractivity contribution >= 4 is 41.0 Å². The largest absolute Gasteiger partial charge is 0.474 e. The normalized spacial score (nSPS) is 21.9. The Kier molecular flexibility index (Phi) is 7.00. The fraction of sp³-hybridized carbons (Fsp3) is 0.333. The number of hydrogen-bond donors (Lipinski definition) is 1. The minimum atomic E-state index is -0.159. The van der Waals surface area contributed by atoms with Crippen molar-refractivity contribution in [3.05, 3.63) is 70.2 Å². The summed E-state index contributed by atoms with van der Waals surface area (Å²) in [6.07, 6.45) is 7.97. The lowest BCUT2D eigenvalue weighted by atomic mass is 10.0. The van der Waals surface area contributed by atoms with E-state index in [-0.39, 0.29) is 18.6 Å². The van der Waals surface area contributed by atoms with Crippen molar-refractivity contribution in [2.24, 2.45) is 22.6 Å². The quantitative estimate of drug-likeness (QED) is 0.581. The second kappa shape index (κ2) is 9.93. The van der Waals surface area contributed by atoms with Gasteiger partial charge in [0.25, 0.3) is 5.91 Å². The van der Waals surface area contributed by atoms with E-state index in [1.165, 1.54) is 18.6 Å². The maximum Gasteiger partial charge on any atom is 0.273 e. The molecule has 0 bridgehead atoms. The van der Waals surface area contributed by atoms with E-state index in [0.29, 0.717) is 51.3 Å². The van der Waals surface area contributed by atoms with Crippen LogP contribution in [0.5, 0.6) is 5.88 Å². The van der Waals surface area contributed by atoms with Gasteiger partial charge in [-0.3, -0.25) is 9.79 Å². The van der Waals surface area contributed by atoms with Crippen LogP contribution in [0.2, 0.25) is 10.0 Å². The third-order valence-electron chi connectivity index (χ3n) is 5.94. The molecule has 2 aromatic rings. The van der Waals surface area contributed by atoms with Crippen LogP contribution in [0, 0.1) is 18.8 Å². The summed E-state index contributed by atoms with van der Waals surface area (Å²) < 4.78 is 5.90. The topological polar surface area (TPSA) is 93.7 Å². The van der Waals surface area contributed by atoms with E-state index in [0.717, 1.165) is 18.5 Å². The second-order valence-electron chi connectivity index (χ2n) is 8.31. The average molecular weight is 486 g/mol. The van der Waals surface area contributed by atoms with Crippen LogP contribution < -0.4 is 10.5 Å². The molecule has 1 amide bonds. The van der Waals surface area contributed by atoms with Crippen LogP contribution >= 0.6 is 23.2 Å². The maximum atomic E-state index is 13.7. The molecule has 2 N–H and O–H groups in total. The molecule has 1 saturated heterocycles. The van der Waals surface area contributed by atoms with Gasteiger partial charge in [-0.15, -0.1) is 0 Å². The van der Waals surface area contributed by atoms with E-state index in [4.69, 9.17) is 33.7 Å². The highest BCUT2D eigenvalue weighted by Crippen LogP contribution is 2.47. The fourth-order valence-corrected chi connectivity index (χ4v) is 4.57. The summed E-state index contributed by atoms with van der Waals surface area (Å²) in [6.45, 7) is 6.81. The molecule has 0 aromatic carbocycles. The summed E-state index contributed by atoms with van der Waals surface area (Å²) in [6, 6.07) is 5.13. The van der Waals surface area contributed by atoms with Gasteiger partial charge in [0.15, 0.2) is 0 Å². The van der Waals surface area contributed by atoms with Gasteiger partial charge in [0.1, 0.15) is 17.3 Å². The molecule has 4 rings (SSSR count).